The van der Waals surface area contributed by atoms with Crippen molar-refractivity contribution in [2.75, 3.05) is 13.4 Å². The molecule has 1 aromatic rings. The Bertz CT molecular complexity index is 954. The summed E-state index contributed by atoms with van der Waals surface area (Å²) in [6.45, 7) is 1.71. The number of aromatic nitrogens is 2. The summed E-state index contributed by atoms with van der Waals surface area (Å²) in [5.41, 5.74) is -1.58. The Kier molecular flexibility index (Phi) is 9.75. The van der Waals surface area contributed by atoms with Gasteiger partial charge in [-0.15, -0.1) is 0 Å². The zero-order valence-corrected chi connectivity index (χ0v) is 18.4. The normalized spacial score (nSPS) is 22.1. The molecule has 1 fully saturated rings. The van der Waals surface area contributed by atoms with Crippen LogP contribution in [0.4, 0.5) is 0 Å². The summed E-state index contributed by atoms with van der Waals surface area (Å²) in [4.78, 5) is 59.5. The van der Waals surface area contributed by atoms with Crippen molar-refractivity contribution in [2.45, 2.75) is 64.7 Å². The third-order valence-corrected chi connectivity index (χ3v) is 5.02. The van der Waals surface area contributed by atoms with Crippen LogP contribution in [0.2, 0.25) is 0 Å². The van der Waals surface area contributed by atoms with Crippen molar-refractivity contribution >= 4 is 17.9 Å². The van der Waals surface area contributed by atoms with E-state index in [9.17, 15) is 34.2 Å². The van der Waals surface area contributed by atoms with Crippen LogP contribution in [-0.2, 0) is 40.1 Å². The highest BCUT2D eigenvalue weighted by Crippen LogP contribution is 2.33. The average molecular weight is 472 g/mol. The number of ether oxygens (including phenoxy) is 4. The van der Waals surface area contributed by atoms with E-state index in [1.807, 2.05) is 0 Å². The molecule has 0 saturated carbocycles. The highest BCUT2D eigenvalue weighted by atomic mass is 16.7. The van der Waals surface area contributed by atoms with Crippen LogP contribution in [0.25, 0.3) is 0 Å². The second-order valence-electron chi connectivity index (χ2n) is 7.42. The van der Waals surface area contributed by atoms with E-state index in [-0.39, 0.29) is 19.3 Å². The van der Waals surface area contributed by atoms with Crippen molar-refractivity contribution in [2.24, 2.45) is 5.92 Å². The average Bonchev–Trinajstić information content (AvgIpc) is 3.06. The van der Waals surface area contributed by atoms with Crippen LogP contribution in [0.3, 0.4) is 0 Å². The fourth-order valence-electron chi connectivity index (χ4n) is 3.13. The molecule has 13 nitrogen and oxygen atoms in total. The van der Waals surface area contributed by atoms with Crippen molar-refractivity contribution < 1.29 is 43.5 Å². The maximum absolute atomic E-state index is 12.7. The van der Waals surface area contributed by atoms with Gasteiger partial charge in [0.15, 0.2) is 6.73 Å². The molecule has 184 valence electrons. The summed E-state index contributed by atoms with van der Waals surface area (Å²) >= 11 is 0. The minimum Gasteiger partial charge on any atom is -0.444 e. The van der Waals surface area contributed by atoms with Gasteiger partial charge in [0.05, 0.1) is 25.6 Å². The van der Waals surface area contributed by atoms with Crippen LogP contribution >= 0.6 is 0 Å². The Morgan fingerprint density at radius 3 is 2.24 bits per heavy atom. The molecule has 0 spiro atoms. The van der Waals surface area contributed by atoms with E-state index in [0.29, 0.717) is 11.0 Å². The number of hydrogen-bond acceptors (Lipinski definition) is 11. The van der Waals surface area contributed by atoms with Gasteiger partial charge >= 0.3 is 23.6 Å². The number of aliphatic hydroxyl groups is 2. The molecule has 1 aliphatic rings. The second-order valence-corrected chi connectivity index (χ2v) is 7.42. The van der Waals surface area contributed by atoms with Crippen molar-refractivity contribution in [1.29, 1.82) is 0 Å². The molecule has 2 rings (SSSR count). The molecule has 0 aliphatic carbocycles. The Morgan fingerprint density at radius 1 is 1.06 bits per heavy atom. The summed E-state index contributed by atoms with van der Waals surface area (Å²) in [7, 11) is 0. The zero-order chi connectivity index (χ0) is 24.5. The van der Waals surface area contributed by atoms with E-state index < -0.39 is 73.6 Å². The number of aliphatic hydroxyl groups excluding tert-OH is 2. The molecule has 2 heterocycles. The van der Waals surface area contributed by atoms with Gasteiger partial charge in [-0.2, -0.15) is 0 Å². The zero-order valence-electron chi connectivity index (χ0n) is 18.4. The molecule has 1 aromatic heterocycles. The predicted molar refractivity (Wildman–Crippen MR) is 108 cm³/mol. The number of esters is 3. The molecule has 4 atom stereocenters. The van der Waals surface area contributed by atoms with Gasteiger partial charge in [-0.05, 0) is 6.42 Å². The highest BCUT2D eigenvalue weighted by Gasteiger charge is 2.42. The van der Waals surface area contributed by atoms with Crippen LogP contribution in [0, 0.1) is 5.92 Å². The maximum atomic E-state index is 12.7. The third-order valence-electron chi connectivity index (χ3n) is 5.02. The Hall–Kier alpha value is -3.03. The molecule has 0 radical (unpaired) electrons. The van der Waals surface area contributed by atoms with Gasteiger partial charge in [-0.25, -0.2) is 9.36 Å². The highest BCUT2D eigenvalue weighted by molar-refractivity contribution is 5.77. The van der Waals surface area contributed by atoms with Gasteiger partial charge in [0.1, 0.15) is 12.3 Å². The molecule has 0 unspecified atom stereocenters. The number of carbonyl (C=O) groups is 3. The van der Waals surface area contributed by atoms with Crippen molar-refractivity contribution in [3.63, 3.8) is 0 Å². The van der Waals surface area contributed by atoms with Crippen LogP contribution in [0.15, 0.2) is 21.9 Å². The standard InChI is InChI=1S/C20H28N2O11/c1-3-4-15(25)31-11-32-17(27)6-5-16(26)30-10-22-14(24)7-8-21(20(22)29)19-12(2)18(28)13(9-23)33-19/h7-8,12-13,18-19,23,28H,3-6,9-11H2,1-2H3/t12-,13+,18-,19+/m0/s1. The van der Waals surface area contributed by atoms with E-state index in [2.05, 4.69) is 9.47 Å². The van der Waals surface area contributed by atoms with Gasteiger partial charge in [0.25, 0.3) is 5.56 Å². The minimum absolute atomic E-state index is 0.193. The van der Waals surface area contributed by atoms with Crippen LogP contribution in [0.5, 0.6) is 0 Å². The molecule has 0 amide bonds. The maximum Gasteiger partial charge on any atom is 0.335 e. The molecule has 0 bridgehead atoms. The Balaban J connectivity index is 1.90. The quantitative estimate of drug-likeness (QED) is 0.299. The monoisotopic (exact) mass is 472 g/mol. The minimum atomic E-state index is -1.01. The largest absolute Gasteiger partial charge is 0.444 e. The van der Waals surface area contributed by atoms with Crippen molar-refractivity contribution in [3.05, 3.63) is 33.1 Å². The molecule has 1 saturated heterocycles. The lowest BCUT2D eigenvalue weighted by Crippen LogP contribution is -2.42. The first-order valence-electron chi connectivity index (χ1n) is 10.4. The molecule has 13 heteroatoms. The van der Waals surface area contributed by atoms with Gasteiger partial charge in [0, 0.05) is 24.6 Å². The lowest BCUT2D eigenvalue weighted by Gasteiger charge is -2.19. The van der Waals surface area contributed by atoms with Gasteiger partial charge in [0.2, 0.25) is 6.79 Å². The Labute approximate surface area is 188 Å². The van der Waals surface area contributed by atoms with Gasteiger partial charge < -0.3 is 29.2 Å². The first-order chi connectivity index (χ1) is 15.7. The smallest absolute Gasteiger partial charge is 0.335 e. The van der Waals surface area contributed by atoms with Crippen LogP contribution < -0.4 is 11.2 Å². The van der Waals surface area contributed by atoms with E-state index in [1.165, 1.54) is 6.20 Å². The number of rotatable bonds is 11. The lowest BCUT2D eigenvalue weighted by atomic mass is 10.0. The van der Waals surface area contributed by atoms with Gasteiger partial charge in [-0.1, -0.05) is 13.8 Å². The first kappa shape index (κ1) is 26.2. The lowest BCUT2D eigenvalue weighted by molar-refractivity contribution is -0.168. The molecule has 1 aliphatic heterocycles. The number of nitrogens with zero attached hydrogens (tertiary/aromatic N) is 2. The summed E-state index contributed by atoms with van der Waals surface area (Å²) in [6.07, 6.45) is -1.60. The topological polar surface area (TPSA) is 173 Å². The Morgan fingerprint density at radius 2 is 1.67 bits per heavy atom. The summed E-state index contributed by atoms with van der Waals surface area (Å²) in [6, 6.07) is 1.07. The van der Waals surface area contributed by atoms with E-state index in [4.69, 9.17) is 9.47 Å². The molecule has 0 aromatic carbocycles. The number of hydrogen-bond donors (Lipinski definition) is 2. The van der Waals surface area contributed by atoms with Crippen molar-refractivity contribution in [1.82, 2.24) is 9.13 Å². The summed E-state index contributed by atoms with van der Waals surface area (Å²) in [5, 5.41) is 19.4. The van der Waals surface area contributed by atoms with Crippen LogP contribution in [-0.4, -0.2) is 62.9 Å². The number of carbonyl (C=O) groups excluding carboxylic acids is 3. The molecular weight excluding hydrogens is 444 g/mol. The van der Waals surface area contributed by atoms with Crippen molar-refractivity contribution in [3.8, 4) is 0 Å². The third kappa shape index (κ3) is 6.97. The molecule has 33 heavy (non-hydrogen) atoms. The fraction of sp³-hybridized carbons (Fsp3) is 0.650. The first-order valence-corrected chi connectivity index (χ1v) is 10.4. The predicted octanol–water partition coefficient (Wildman–Crippen LogP) is -0.978. The fourth-order valence-corrected chi connectivity index (χ4v) is 3.13. The van der Waals surface area contributed by atoms with Crippen LogP contribution in [0.1, 0.15) is 45.8 Å². The van der Waals surface area contributed by atoms with E-state index in [1.54, 1.807) is 13.8 Å². The molecule has 2 N–H and O–H groups in total. The molecular formula is C20H28N2O11. The van der Waals surface area contributed by atoms with E-state index in [0.717, 1.165) is 10.6 Å². The van der Waals surface area contributed by atoms with E-state index >= 15 is 0 Å². The second kappa shape index (κ2) is 12.3. The van der Waals surface area contributed by atoms with Gasteiger partial charge in [-0.3, -0.25) is 23.7 Å². The SMILES string of the molecule is CCCC(=O)OCOC(=O)CCC(=O)OCn1c(=O)ccn([C@@H]2O[C@H](CO)[C@@H](O)[C@@H]2C)c1=O. The summed E-state index contributed by atoms with van der Waals surface area (Å²) in [5.74, 6) is -2.72. The summed E-state index contributed by atoms with van der Waals surface area (Å²) < 4.78 is 21.5.